The molecule has 0 saturated heterocycles. The van der Waals surface area contributed by atoms with E-state index in [9.17, 15) is 5.11 Å². The monoisotopic (exact) mass is 338 g/mol. The van der Waals surface area contributed by atoms with Gasteiger partial charge in [0.2, 0.25) is 0 Å². The van der Waals surface area contributed by atoms with Gasteiger partial charge in [0.05, 0.1) is 5.02 Å². The van der Waals surface area contributed by atoms with Crippen LogP contribution >= 0.6 is 23.2 Å². The van der Waals surface area contributed by atoms with Gasteiger partial charge in [-0.05, 0) is 51.1 Å². The zero-order chi connectivity index (χ0) is 16.3. The van der Waals surface area contributed by atoms with Gasteiger partial charge in [-0.25, -0.2) is 0 Å². The molecule has 4 nitrogen and oxygen atoms in total. The smallest absolute Gasteiger partial charge is 0.140 e. The van der Waals surface area contributed by atoms with E-state index in [-0.39, 0.29) is 5.75 Å². The first-order chi connectivity index (χ1) is 10.3. The molecule has 0 bridgehead atoms. The first-order valence-corrected chi connectivity index (χ1v) is 7.39. The maximum Gasteiger partial charge on any atom is 0.140 e. The van der Waals surface area contributed by atoms with E-state index in [0.29, 0.717) is 27.0 Å². The van der Waals surface area contributed by atoms with Crippen molar-refractivity contribution in [1.82, 2.24) is 4.98 Å². The van der Waals surface area contributed by atoms with Crippen molar-refractivity contribution in [3.05, 3.63) is 57.8 Å². The second-order valence-corrected chi connectivity index (χ2v) is 6.48. The lowest BCUT2D eigenvalue weighted by atomic mass is 10.1. The highest BCUT2D eigenvalue weighted by atomic mass is 35.5. The molecule has 0 aliphatic rings. The van der Waals surface area contributed by atoms with Gasteiger partial charge in [0.1, 0.15) is 22.8 Å². The number of phenolic OH excluding ortho intramolecular Hbond substituents is 1. The maximum atomic E-state index is 10.1. The Morgan fingerprint density at radius 2 is 1.95 bits per heavy atom. The standard InChI is InChI=1S/C16H16Cl2N2O2/c1-16(2,3)22-20-14(15-12(18)5-4-8-19-15)11-9-10(17)6-7-13(11)21/h4-9,21H,1-3H3. The van der Waals surface area contributed by atoms with Crippen LogP contribution in [0.4, 0.5) is 0 Å². The third-order valence-electron chi connectivity index (χ3n) is 2.61. The molecule has 1 aromatic carbocycles. The molecule has 1 aromatic heterocycles. The van der Waals surface area contributed by atoms with Crippen molar-refractivity contribution < 1.29 is 9.94 Å². The Labute approximate surface area is 139 Å². The number of aromatic hydroxyl groups is 1. The quantitative estimate of drug-likeness (QED) is 0.653. The zero-order valence-electron chi connectivity index (χ0n) is 12.5. The van der Waals surface area contributed by atoms with Gasteiger partial charge in [0.25, 0.3) is 0 Å². The van der Waals surface area contributed by atoms with Crippen LogP contribution in [0.15, 0.2) is 41.7 Å². The van der Waals surface area contributed by atoms with Gasteiger partial charge in [-0.2, -0.15) is 0 Å². The van der Waals surface area contributed by atoms with Crippen LogP contribution in [0.25, 0.3) is 0 Å². The van der Waals surface area contributed by atoms with Crippen LogP contribution < -0.4 is 0 Å². The Bertz CT molecular complexity index is 710. The van der Waals surface area contributed by atoms with Crippen molar-refractivity contribution in [2.24, 2.45) is 5.16 Å². The minimum Gasteiger partial charge on any atom is -0.507 e. The Morgan fingerprint density at radius 3 is 2.59 bits per heavy atom. The second-order valence-electron chi connectivity index (χ2n) is 5.64. The average molecular weight is 339 g/mol. The number of pyridine rings is 1. The molecule has 0 aliphatic heterocycles. The lowest BCUT2D eigenvalue weighted by molar-refractivity contribution is 0.00111. The van der Waals surface area contributed by atoms with E-state index in [1.807, 2.05) is 20.8 Å². The third-order valence-corrected chi connectivity index (χ3v) is 3.15. The summed E-state index contributed by atoms with van der Waals surface area (Å²) in [6, 6.07) is 8.07. The molecule has 0 spiro atoms. The third kappa shape index (κ3) is 4.12. The van der Waals surface area contributed by atoms with Crippen LogP contribution in [0.5, 0.6) is 5.75 Å². The highest BCUT2D eigenvalue weighted by molar-refractivity contribution is 6.35. The fourth-order valence-corrected chi connectivity index (χ4v) is 2.04. The number of rotatable bonds is 3. The number of halogens is 2. The van der Waals surface area contributed by atoms with E-state index in [0.717, 1.165) is 0 Å². The molecule has 6 heteroatoms. The topological polar surface area (TPSA) is 54.7 Å². The van der Waals surface area contributed by atoms with E-state index < -0.39 is 5.60 Å². The molecule has 2 rings (SSSR count). The molecular weight excluding hydrogens is 323 g/mol. The van der Waals surface area contributed by atoms with Gasteiger partial charge in [0, 0.05) is 16.8 Å². The number of hydrogen-bond acceptors (Lipinski definition) is 4. The Morgan fingerprint density at radius 1 is 1.23 bits per heavy atom. The molecule has 0 saturated carbocycles. The Hall–Kier alpha value is -1.78. The van der Waals surface area contributed by atoms with Crippen molar-refractivity contribution in [2.45, 2.75) is 26.4 Å². The number of aromatic nitrogens is 1. The fraction of sp³-hybridized carbons (Fsp3) is 0.250. The summed E-state index contributed by atoms with van der Waals surface area (Å²) >= 11 is 12.2. The molecule has 22 heavy (non-hydrogen) atoms. The van der Waals surface area contributed by atoms with Crippen LogP contribution in [-0.4, -0.2) is 21.4 Å². The van der Waals surface area contributed by atoms with E-state index in [2.05, 4.69) is 10.1 Å². The van der Waals surface area contributed by atoms with Crippen LogP contribution in [0.3, 0.4) is 0 Å². The molecule has 0 amide bonds. The number of hydrogen-bond donors (Lipinski definition) is 1. The fourth-order valence-electron chi connectivity index (χ4n) is 1.66. The van der Waals surface area contributed by atoms with Crippen molar-refractivity contribution >= 4 is 28.9 Å². The number of phenols is 1. The molecule has 0 radical (unpaired) electrons. The minimum atomic E-state index is -0.499. The van der Waals surface area contributed by atoms with Crippen LogP contribution in [0.1, 0.15) is 32.0 Å². The summed E-state index contributed by atoms with van der Waals surface area (Å²) in [5, 5.41) is 15.1. The van der Waals surface area contributed by atoms with Crippen molar-refractivity contribution in [3.63, 3.8) is 0 Å². The maximum absolute atomic E-state index is 10.1. The van der Waals surface area contributed by atoms with E-state index in [1.54, 1.807) is 30.5 Å². The minimum absolute atomic E-state index is 0.0161. The van der Waals surface area contributed by atoms with Crippen LogP contribution in [0.2, 0.25) is 10.0 Å². The predicted octanol–water partition coefficient (Wildman–Crippen LogP) is 4.66. The van der Waals surface area contributed by atoms with E-state index in [1.165, 1.54) is 6.07 Å². The molecule has 0 atom stereocenters. The normalized spacial score (nSPS) is 12.3. The predicted molar refractivity (Wildman–Crippen MR) is 88.8 cm³/mol. The summed E-state index contributed by atoms with van der Waals surface area (Å²) in [5.41, 5.74) is 0.629. The first kappa shape index (κ1) is 16.6. The SMILES string of the molecule is CC(C)(C)ON=C(c1cc(Cl)ccc1O)c1ncccc1Cl. The van der Waals surface area contributed by atoms with Gasteiger partial charge in [-0.3, -0.25) is 4.98 Å². The van der Waals surface area contributed by atoms with Crippen molar-refractivity contribution in [2.75, 3.05) is 0 Å². The summed E-state index contributed by atoms with van der Waals surface area (Å²) in [6.07, 6.45) is 1.59. The Kier molecular flexibility index (Phi) is 4.94. The average Bonchev–Trinajstić information content (AvgIpc) is 2.43. The summed E-state index contributed by atoms with van der Waals surface area (Å²) in [6.45, 7) is 5.60. The summed E-state index contributed by atoms with van der Waals surface area (Å²) in [4.78, 5) is 9.71. The van der Waals surface area contributed by atoms with Gasteiger partial charge >= 0.3 is 0 Å². The van der Waals surface area contributed by atoms with Gasteiger partial charge < -0.3 is 9.94 Å². The molecule has 1 N–H and O–H groups in total. The number of oxime groups is 1. The second kappa shape index (κ2) is 6.55. The highest BCUT2D eigenvalue weighted by Crippen LogP contribution is 2.27. The molecule has 0 fully saturated rings. The van der Waals surface area contributed by atoms with Gasteiger partial charge in [-0.15, -0.1) is 0 Å². The number of nitrogens with zero attached hydrogens (tertiary/aromatic N) is 2. The van der Waals surface area contributed by atoms with Crippen molar-refractivity contribution in [3.8, 4) is 5.75 Å². The van der Waals surface area contributed by atoms with Crippen molar-refractivity contribution in [1.29, 1.82) is 0 Å². The highest BCUT2D eigenvalue weighted by Gasteiger charge is 2.19. The largest absolute Gasteiger partial charge is 0.507 e. The van der Waals surface area contributed by atoms with Crippen LogP contribution in [0, 0.1) is 0 Å². The summed E-state index contributed by atoms with van der Waals surface area (Å²) in [7, 11) is 0. The lowest BCUT2D eigenvalue weighted by Gasteiger charge is -2.17. The number of benzene rings is 1. The summed E-state index contributed by atoms with van der Waals surface area (Å²) < 4.78 is 0. The van der Waals surface area contributed by atoms with Crippen LogP contribution in [-0.2, 0) is 4.84 Å². The molecule has 1 heterocycles. The van der Waals surface area contributed by atoms with E-state index >= 15 is 0 Å². The molecule has 116 valence electrons. The lowest BCUT2D eigenvalue weighted by Crippen LogP contribution is -2.18. The Balaban J connectivity index is 2.61. The van der Waals surface area contributed by atoms with E-state index in [4.69, 9.17) is 28.0 Å². The zero-order valence-corrected chi connectivity index (χ0v) is 14.0. The molecule has 0 aliphatic carbocycles. The summed E-state index contributed by atoms with van der Waals surface area (Å²) in [5.74, 6) is 0.0161. The van der Waals surface area contributed by atoms with Gasteiger partial charge in [0.15, 0.2) is 0 Å². The first-order valence-electron chi connectivity index (χ1n) is 6.64. The molecular formula is C16H16Cl2N2O2. The molecule has 2 aromatic rings. The van der Waals surface area contributed by atoms with Gasteiger partial charge in [-0.1, -0.05) is 28.4 Å². The molecule has 0 unspecified atom stereocenters.